The van der Waals surface area contributed by atoms with E-state index in [0.717, 1.165) is 6.42 Å². The minimum Gasteiger partial charge on any atom is -0.454 e. The summed E-state index contributed by atoms with van der Waals surface area (Å²) in [5, 5.41) is 5.61. The minimum atomic E-state index is -0.513. The number of carbonyl (C=O) groups is 2. The monoisotopic (exact) mass is 366 g/mol. The van der Waals surface area contributed by atoms with Crippen molar-refractivity contribution in [2.24, 2.45) is 0 Å². The standard InChI is InChI=1S/C20H22N4O3/c1-2-11-22-20(26)24-13-6-9-17(24)19(25)23-16-8-3-4-10-18(16)27-15-7-5-12-21-14-15/h2-5,7-8,10,12,14,17H,1,6,9,11,13H2,(H,22,26)(H,23,25)/t17-/m0/s1. The zero-order valence-electron chi connectivity index (χ0n) is 14.9. The molecule has 0 radical (unpaired) electrons. The lowest BCUT2D eigenvalue weighted by molar-refractivity contribution is -0.119. The molecule has 1 aromatic heterocycles. The second-order valence-corrected chi connectivity index (χ2v) is 6.10. The molecule has 0 saturated carbocycles. The zero-order valence-corrected chi connectivity index (χ0v) is 14.9. The molecule has 140 valence electrons. The molecule has 0 bridgehead atoms. The highest BCUT2D eigenvalue weighted by molar-refractivity contribution is 5.98. The van der Waals surface area contributed by atoms with Crippen LogP contribution in [0.2, 0.25) is 0 Å². The topological polar surface area (TPSA) is 83.6 Å². The first-order valence-electron chi connectivity index (χ1n) is 8.82. The van der Waals surface area contributed by atoms with E-state index in [4.69, 9.17) is 4.74 Å². The smallest absolute Gasteiger partial charge is 0.318 e. The third kappa shape index (κ3) is 4.63. The van der Waals surface area contributed by atoms with E-state index >= 15 is 0 Å². The maximum atomic E-state index is 12.8. The van der Waals surface area contributed by atoms with Crippen LogP contribution in [0.25, 0.3) is 0 Å². The van der Waals surface area contributed by atoms with Gasteiger partial charge < -0.3 is 20.3 Å². The molecule has 2 N–H and O–H groups in total. The van der Waals surface area contributed by atoms with Crippen LogP contribution in [0.1, 0.15) is 12.8 Å². The number of urea groups is 1. The maximum Gasteiger partial charge on any atom is 0.318 e. The summed E-state index contributed by atoms with van der Waals surface area (Å²) in [4.78, 5) is 30.6. The van der Waals surface area contributed by atoms with Crippen molar-refractivity contribution < 1.29 is 14.3 Å². The lowest BCUT2D eigenvalue weighted by atomic mass is 10.2. The van der Waals surface area contributed by atoms with Crippen LogP contribution in [0.3, 0.4) is 0 Å². The van der Waals surface area contributed by atoms with Gasteiger partial charge >= 0.3 is 6.03 Å². The van der Waals surface area contributed by atoms with Crippen LogP contribution in [0.4, 0.5) is 10.5 Å². The van der Waals surface area contributed by atoms with Crippen LogP contribution < -0.4 is 15.4 Å². The molecule has 3 rings (SSSR count). The normalized spacial score (nSPS) is 15.9. The van der Waals surface area contributed by atoms with Crippen molar-refractivity contribution in [3.63, 3.8) is 0 Å². The average molecular weight is 366 g/mol. The molecule has 1 aliphatic heterocycles. The van der Waals surface area contributed by atoms with Gasteiger partial charge in [-0.25, -0.2) is 4.79 Å². The first-order chi connectivity index (χ1) is 13.2. The Morgan fingerprint density at radius 1 is 1.30 bits per heavy atom. The lowest BCUT2D eigenvalue weighted by Crippen LogP contribution is -2.47. The van der Waals surface area contributed by atoms with Crippen molar-refractivity contribution in [3.8, 4) is 11.5 Å². The predicted molar refractivity (Wildman–Crippen MR) is 103 cm³/mol. The Balaban J connectivity index is 1.70. The second kappa shape index (κ2) is 8.84. The summed E-state index contributed by atoms with van der Waals surface area (Å²) in [7, 11) is 0. The van der Waals surface area contributed by atoms with Gasteiger partial charge in [0.2, 0.25) is 5.91 Å². The van der Waals surface area contributed by atoms with Crippen LogP contribution in [0.15, 0.2) is 61.4 Å². The number of carbonyl (C=O) groups excluding carboxylic acids is 2. The molecule has 1 aliphatic rings. The Bertz CT molecular complexity index is 810. The molecule has 2 aromatic rings. The molecule has 0 unspecified atom stereocenters. The SMILES string of the molecule is C=CCNC(=O)N1CCC[C@H]1C(=O)Nc1ccccc1Oc1cccnc1. The third-order valence-electron chi connectivity index (χ3n) is 4.22. The van der Waals surface area contributed by atoms with E-state index in [1.165, 1.54) is 0 Å². The number of para-hydroxylation sites is 2. The highest BCUT2D eigenvalue weighted by Gasteiger charge is 2.34. The van der Waals surface area contributed by atoms with E-state index in [1.54, 1.807) is 47.6 Å². The Hall–Kier alpha value is -3.35. The number of aromatic nitrogens is 1. The van der Waals surface area contributed by atoms with Gasteiger partial charge in [-0.05, 0) is 37.1 Å². The van der Waals surface area contributed by atoms with Crippen LogP contribution in [0, 0.1) is 0 Å². The van der Waals surface area contributed by atoms with E-state index in [2.05, 4.69) is 22.2 Å². The molecule has 2 heterocycles. The Kier molecular flexibility index (Phi) is 6.04. The molecule has 0 spiro atoms. The van der Waals surface area contributed by atoms with E-state index in [0.29, 0.717) is 36.7 Å². The van der Waals surface area contributed by atoms with Gasteiger partial charge in [0, 0.05) is 19.3 Å². The minimum absolute atomic E-state index is 0.233. The zero-order chi connectivity index (χ0) is 19.1. The van der Waals surface area contributed by atoms with Gasteiger partial charge in [-0.3, -0.25) is 9.78 Å². The number of rotatable bonds is 6. The number of nitrogens with one attached hydrogen (secondary N) is 2. The van der Waals surface area contributed by atoms with Crippen LogP contribution in [-0.4, -0.2) is 41.0 Å². The molecule has 1 saturated heterocycles. The number of benzene rings is 1. The number of likely N-dealkylation sites (tertiary alicyclic amines) is 1. The summed E-state index contributed by atoms with van der Waals surface area (Å²) in [5.41, 5.74) is 0.546. The highest BCUT2D eigenvalue weighted by Crippen LogP contribution is 2.29. The number of anilines is 1. The number of hydrogen-bond acceptors (Lipinski definition) is 4. The summed E-state index contributed by atoms with van der Waals surface area (Å²) in [6.45, 7) is 4.50. The van der Waals surface area contributed by atoms with Crippen molar-refractivity contribution in [3.05, 3.63) is 61.4 Å². The third-order valence-corrected chi connectivity index (χ3v) is 4.22. The van der Waals surface area contributed by atoms with Gasteiger partial charge in [-0.2, -0.15) is 0 Å². The molecule has 0 aliphatic carbocycles. The number of ether oxygens (including phenoxy) is 1. The molecule has 27 heavy (non-hydrogen) atoms. The van der Waals surface area contributed by atoms with Gasteiger partial charge in [-0.15, -0.1) is 6.58 Å². The molecule has 7 nitrogen and oxygen atoms in total. The van der Waals surface area contributed by atoms with Crippen molar-refractivity contribution in [1.29, 1.82) is 0 Å². The summed E-state index contributed by atoms with van der Waals surface area (Å²) in [6, 6.07) is 9.96. The van der Waals surface area contributed by atoms with Crippen molar-refractivity contribution in [2.45, 2.75) is 18.9 Å². The Morgan fingerprint density at radius 3 is 2.93 bits per heavy atom. The second-order valence-electron chi connectivity index (χ2n) is 6.10. The van der Waals surface area contributed by atoms with Crippen LogP contribution >= 0.6 is 0 Å². The van der Waals surface area contributed by atoms with Gasteiger partial charge in [0.15, 0.2) is 5.75 Å². The first kappa shape index (κ1) is 18.4. The lowest BCUT2D eigenvalue weighted by Gasteiger charge is -2.24. The molecular formula is C20H22N4O3. The van der Waals surface area contributed by atoms with E-state index < -0.39 is 6.04 Å². The summed E-state index contributed by atoms with van der Waals surface area (Å²) in [6.07, 6.45) is 6.27. The fourth-order valence-corrected chi connectivity index (χ4v) is 2.95. The van der Waals surface area contributed by atoms with Crippen molar-refractivity contribution in [2.75, 3.05) is 18.4 Å². The van der Waals surface area contributed by atoms with E-state index in [-0.39, 0.29) is 11.9 Å². The van der Waals surface area contributed by atoms with Crippen molar-refractivity contribution >= 4 is 17.6 Å². The first-order valence-corrected chi connectivity index (χ1v) is 8.82. The van der Waals surface area contributed by atoms with Gasteiger partial charge in [0.1, 0.15) is 11.8 Å². The van der Waals surface area contributed by atoms with Gasteiger partial charge in [0.05, 0.1) is 11.9 Å². The molecule has 7 heteroatoms. The molecular weight excluding hydrogens is 344 g/mol. The number of nitrogens with zero attached hydrogens (tertiary/aromatic N) is 2. The molecule has 1 fully saturated rings. The Labute approximate surface area is 158 Å². The fraction of sp³-hybridized carbons (Fsp3) is 0.250. The summed E-state index contributed by atoms with van der Waals surface area (Å²) in [5.74, 6) is 0.855. The molecule has 1 aromatic carbocycles. The quantitative estimate of drug-likeness (QED) is 0.769. The predicted octanol–water partition coefficient (Wildman–Crippen LogP) is 3.17. The summed E-state index contributed by atoms with van der Waals surface area (Å²) >= 11 is 0. The average Bonchev–Trinajstić information content (AvgIpc) is 3.18. The summed E-state index contributed by atoms with van der Waals surface area (Å²) < 4.78 is 5.82. The fourth-order valence-electron chi connectivity index (χ4n) is 2.95. The molecule has 1 atom stereocenters. The number of pyridine rings is 1. The largest absolute Gasteiger partial charge is 0.454 e. The Morgan fingerprint density at radius 2 is 2.15 bits per heavy atom. The highest BCUT2D eigenvalue weighted by atomic mass is 16.5. The van der Waals surface area contributed by atoms with Gasteiger partial charge in [-0.1, -0.05) is 18.2 Å². The maximum absolute atomic E-state index is 12.8. The number of amides is 3. The van der Waals surface area contributed by atoms with E-state index in [9.17, 15) is 9.59 Å². The number of hydrogen-bond donors (Lipinski definition) is 2. The van der Waals surface area contributed by atoms with Crippen molar-refractivity contribution in [1.82, 2.24) is 15.2 Å². The van der Waals surface area contributed by atoms with E-state index in [1.807, 2.05) is 12.1 Å². The van der Waals surface area contributed by atoms with Gasteiger partial charge in [0.25, 0.3) is 0 Å². The van der Waals surface area contributed by atoms with Crippen LogP contribution in [0.5, 0.6) is 11.5 Å². The molecule has 3 amide bonds. The van der Waals surface area contributed by atoms with Crippen LogP contribution in [-0.2, 0) is 4.79 Å².